The maximum Gasteiger partial charge on any atom is 0.359 e. The number of methoxy groups -OCH3 is 1. The lowest BCUT2D eigenvalue weighted by molar-refractivity contribution is 0.0520. The van der Waals surface area contributed by atoms with Gasteiger partial charge < -0.3 is 15.2 Å². The highest BCUT2D eigenvalue weighted by Crippen LogP contribution is 2.25. The molecule has 0 amide bonds. The van der Waals surface area contributed by atoms with E-state index in [-0.39, 0.29) is 34.3 Å². The summed E-state index contributed by atoms with van der Waals surface area (Å²) >= 11 is 0. The van der Waals surface area contributed by atoms with Crippen molar-refractivity contribution in [2.75, 3.05) is 19.5 Å². The number of nitriles is 1. The monoisotopic (exact) mass is 364 g/mol. The molecule has 136 valence electrons. The van der Waals surface area contributed by atoms with Crippen LogP contribution in [0.4, 0.5) is 5.69 Å². The Hall–Kier alpha value is -3.86. The van der Waals surface area contributed by atoms with Crippen LogP contribution in [0.3, 0.4) is 0 Å². The van der Waals surface area contributed by atoms with Gasteiger partial charge in [0.15, 0.2) is 5.69 Å². The Balaban J connectivity index is 2.38. The van der Waals surface area contributed by atoms with E-state index in [1.54, 1.807) is 31.2 Å². The molecule has 0 saturated carbocycles. The largest absolute Gasteiger partial charge is 0.497 e. The Kier molecular flexibility index (Phi) is 4.77. The van der Waals surface area contributed by atoms with Gasteiger partial charge >= 0.3 is 5.97 Å². The van der Waals surface area contributed by atoms with Gasteiger partial charge in [-0.05, 0) is 37.3 Å². The van der Waals surface area contributed by atoms with E-state index >= 15 is 0 Å². The van der Waals surface area contributed by atoms with Crippen molar-refractivity contribution >= 4 is 22.4 Å². The van der Waals surface area contributed by atoms with E-state index in [4.69, 9.17) is 15.2 Å². The lowest BCUT2D eigenvalue weighted by Crippen LogP contribution is -2.26. The number of nitrogens with two attached hydrogens (primary N) is 1. The highest BCUT2D eigenvalue weighted by Gasteiger charge is 2.21. The molecule has 0 aliphatic carbocycles. The molecule has 8 heteroatoms. The molecule has 3 aromatic rings. The maximum absolute atomic E-state index is 13.0. The molecule has 8 nitrogen and oxygen atoms in total. The fourth-order valence-corrected chi connectivity index (χ4v) is 2.70. The van der Waals surface area contributed by atoms with Crippen LogP contribution in [0.2, 0.25) is 0 Å². The Morgan fingerprint density at radius 3 is 2.56 bits per heavy atom. The SMILES string of the molecule is CCOC(=O)c1nn(-c2ccc(OC)cc2)c(=O)c2c(N)c(C#N)ccc12. The number of carbonyl (C=O) groups excluding carboxylic acids is 1. The average Bonchev–Trinajstić information content (AvgIpc) is 2.68. The fourth-order valence-electron chi connectivity index (χ4n) is 2.70. The molecule has 0 fully saturated rings. The molecule has 1 aromatic heterocycles. The van der Waals surface area contributed by atoms with E-state index in [1.165, 1.54) is 19.2 Å². The zero-order chi connectivity index (χ0) is 19.6. The summed E-state index contributed by atoms with van der Waals surface area (Å²) < 4.78 is 11.2. The summed E-state index contributed by atoms with van der Waals surface area (Å²) in [6.07, 6.45) is 0. The Morgan fingerprint density at radius 2 is 1.96 bits per heavy atom. The van der Waals surface area contributed by atoms with Gasteiger partial charge in [-0.25, -0.2) is 4.79 Å². The first kappa shape index (κ1) is 17.9. The third-order valence-electron chi connectivity index (χ3n) is 4.01. The van der Waals surface area contributed by atoms with E-state index in [0.29, 0.717) is 11.4 Å². The number of anilines is 1. The number of hydrogen-bond donors (Lipinski definition) is 1. The summed E-state index contributed by atoms with van der Waals surface area (Å²) in [6.45, 7) is 1.82. The molecule has 0 spiro atoms. The van der Waals surface area contributed by atoms with Crippen molar-refractivity contribution in [1.29, 1.82) is 5.26 Å². The van der Waals surface area contributed by atoms with Gasteiger partial charge in [-0.3, -0.25) is 4.79 Å². The lowest BCUT2D eigenvalue weighted by Gasteiger charge is -2.12. The van der Waals surface area contributed by atoms with E-state index in [2.05, 4.69) is 5.10 Å². The van der Waals surface area contributed by atoms with Crippen LogP contribution in [-0.2, 0) is 4.74 Å². The van der Waals surface area contributed by atoms with Crippen LogP contribution >= 0.6 is 0 Å². The molecular weight excluding hydrogens is 348 g/mol. The predicted octanol–water partition coefficient (Wildman–Crippen LogP) is 2.02. The molecule has 2 aromatic carbocycles. The second-order valence-electron chi connectivity index (χ2n) is 5.55. The van der Waals surface area contributed by atoms with Crippen molar-refractivity contribution in [2.24, 2.45) is 0 Å². The van der Waals surface area contributed by atoms with Gasteiger partial charge in [0.1, 0.15) is 11.8 Å². The second-order valence-corrected chi connectivity index (χ2v) is 5.55. The number of benzene rings is 2. The van der Waals surface area contributed by atoms with E-state index < -0.39 is 11.5 Å². The van der Waals surface area contributed by atoms with Crippen molar-refractivity contribution in [3.8, 4) is 17.5 Å². The van der Waals surface area contributed by atoms with Crippen LogP contribution in [0.25, 0.3) is 16.5 Å². The predicted molar refractivity (Wildman–Crippen MR) is 99.0 cm³/mol. The van der Waals surface area contributed by atoms with Gasteiger partial charge in [-0.1, -0.05) is 6.07 Å². The van der Waals surface area contributed by atoms with Gasteiger partial charge in [0.25, 0.3) is 5.56 Å². The van der Waals surface area contributed by atoms with Gasteiger partial charge in [0, 0.05) is 5.39 Å². The summed E-state index contributed by atoms with van der Waals surface area (Å²) in [5, 5.41) is 13.7. The van der Waals surface area contributed by atoms with Crippen LogP contribution in [0.5, 0.6) is 5.75 Å². The zero-order valence-corrected chi connectivity index (χ0v) is 14.7. The minimum atomic E-state index is -0.686. The van der Waals surface area contributed by atoms with E-state index in [0.717, 1.165) is 4.68 Å². The zero-order valence-electron chi connectivity index (χ0n) is 14.7. The summed E-state index contributed by atoms with van der Waals surface area (Å²) in [4.78, 5) is 25.4. The summed E-state index contributed by atoms with van der Waals surface area (Å²) in [5.41, 5.74) is 5.98. The number of hydrogen-bond acceptors (Lipinski definition) is 7. The van der Waals surface area contributed by atoms with Crippen molar-refractivity contribution in [1.82, 2.24) is 9.78 Å². The molecule has 0 bridgehead atoms. The van der Waals surface area contributed by atoms with Crippen molar-refractivity contribution < 1.29 is 14.3 Å². The maximum atomic E-state index is 13.0. The summed E-state index contributed by atoms with van der Waals surface area (Å²) in [7, 11) is 1.53. The summed E-state index contributed by atoms with van der Waals surface area (Å²) in [5.74, 6) is -0.0849. The number of esters is 1. The average molecular weight is 364 g/mol. The number of fused-ring (bicyclic) bond motifs is 1. The minimum absolute atomic E-state index is 0.00444. The second kappa shape index (κ2) is 7.17. The molecule has 0 radical (unpaired) electrons. The third-order valence-corrected chi connectivity index (χ3v) is 4.01. The topological polar surface area (TPSA) is 120 Å². The highest BCUT2D eigenvalue weighted by atomic mass is 16.5. The van der Waals surface area contributed by atoms with Crippen LogP contribution in [-0.4, -0.2) is 29.5 Å². The molecule has 0 aliphatic rings. The van der Waals surface area contributed by atoms with Gasteiger partial charge in [0.2, 0.25) is 0 Å². The fraction of sp³-hybridized carbons (Fsp3) is 0.158. The minimum Gasteiger partial charge on any atom is -0.497 e. The van der Waals surface area contributed by atoms with E-state index in [1.807, 2.05) is 6.07 Å². The smallest absolute Gasteiger partial charge is 0.359 e. The Labute approximate surface area is 154 Å². The molecule has 1 heterocycles. The first-order valence-corrected chi connectivity index (χ1v) is 8.09. The van der Waals surface area contributed by atoms with Crippen LogP contribution < -0.4 is 16.0 Å². The summed E-state index contributed by atoms with van der Waals surface area (Å²) in [6, 6.07) is 11.4. The number of ether oxygens (including phenoxy) is 2. The molecule has 27 heavy (non-hydrogen) atoms. The van der Waals surface area contributed by atoms with Crippen molar-refractivity contribution in [3.05, 3.63) is 58.0 Å². The number of nitrogen functional groups attached to an aromatic ring is 1. The number of carbonyl (C=O) groups is 1. The molecular formula is C19H16N4O4. The van der Waals surface area contributed by atoms with Crippen molar-refractivity contribution in [2.45, 2.75) is 6.92 Å². The normalized spacial score (nSPS) is 10.4. The Bertz CT molecular complexity index is 1130. The molecule has 0 aliphatic heterocycles. The van der Waals surface area contributed by atoms with Crippen LogP contribution in [0.1, 0.15) is 23.0 Å². The number of nitrogens with zero attached hydrogens (tertiary/aromatic N) is 3. The first-order chi connectivity index (χ1) is 13.0. The molecule has 0 unspecified atom stereocenters. The standard InChI is InChI=1S/C19H16N4O4/c1-3-27-19(25)17-14-9-4-11(10-20)16(21)15(14)18(24)23(22-17)12-5-7-13(26-2)8-6-12/h4-9H,3,21H2,1-2H3. The lowest BCUT2D eigenvalue weighted by atomic mass is 10.0. The number of aromatic nitrogens is 2. The Morgan fingerprint density at radius 1 is 1.26 bits per heavy atom. The van der Waals surface area contributed by atoms with E-state index in [9.17, 15) is 14.9 Å². The quantitative estimate of drug-likeness (QED) is 0.555. The number of rotatable bonds is 4. The molecule has 0 atom stereocenters. The van der Waals surface area contributed by atoms with Gasteiger partial charge in [0.05, 0.1) is 36.0 Å². The molecule has 0 saturated heterocycles. The van der Waals surface area contributed by atoms with Crippen molar-refractivity contribution in [3.63, 3.8) is 0 Å². The first-order valence-electron chi connectivity index (χ1n) is 8.09. The highest BCUT2D eigenvalue weighted by molar-refractivity contribution is 6.06. The van der Waals surface area contributed by atoms with Crippen LogP contribution in [0.15, 0.2) is 41.2 Å². The third kappa shape index (κ3) is 3.06. The van der Waals surface area contributed by atoms with Crippen LogP contribution in [0, 0.1) is 11.3 Å². The molecule has 2 N–H and O–H groups in total. The van der Waals surface area contributed by atoms with Gasteiger partial charge in [-0.2, -0.15) is 15.0 Å². The van der Waals surface area contributed by atoms with Gasteiger partial charge in [-0.15, -0.1) is 0 Å². The molecule has 3 rings (SSSR count).